The highest BCUT2D eigenvalue weighted by Crippen LogP contribution is 2.22. The molecule has 0 spiro atoms. The van der Waals surface area contributed by atoms with Crippen LogP contribution in [-0.2, 0) is 4.79 Å². The monoisotopic (exact) mass is 416 g/mol. The molecule has 1 aliphatic heterocycles. The minimum atomic E-state index is -0.0624. The molecule has 28 heavy (non-hydrogen) atoms. The number of halogens is 1. The molecule has 0 bridgehead atoms. The second-order valence-electron chi connectivity index (χ2n) is 6.98. The zero-order chi connectivity index (χ0) is 19.9. The van der Waals surface area contributed by atoms with Crippen LogP contribution in [0.3, 0.4) is 0 Å². The summed E-state index contributed by atoms with van der Waals surface area (Å²) in [6.45, 7) is 4.41. The molecular formula is C22H25ClN2O2S. The molecule has 2 aromatic carbocycles. The number of nitrogens with zero attached hydrogens (tertiary/aromatic N) is 2. The van der Waals surface area contributed by atoms with Crippen LogP contribution in [-0.4, -0.2) is 53.5 Å². The lowest BCUT2D eigenvalue weighted by molar-refractivity contribution is -0.134. The van der Waals surface area contributed by atoms with E-state index < -0.39 is 0 Å². The molecule has 4 nitrogen and oxygen atoms in total. The molecule has 0 radical (unpaired) electrons. The number of hydrogen-bond donors (Lipinski definition) is 0. The SMILES string of the molecule is CC(CSc1ccccc1)C(=O)N1CCCN(C(=O)c2ccccc2Cl)CC1. The second kappa shape index (κ2) is 9.99. The Labute approximate surface area is 175 Å². The summed E-state index contributed by atoms with van der Waals surface area (Å²) in [6.07, 6.45) is 0.778. The lowest BCUT2D eigenvalue weighted by atomic mass is 10.2. The van der Waals surface area contributed by atoms with Crippen molar-refractivity contribution in [1.29, 1.82) is 0 Å². The fourth-order valence-corrected chi connectivity index (χ4v) is 4.42. The van der Waals surface area contributed by atoms with Crippen LogP contribution < -0.4 is 0 Å². The molecule has 1 fully saturated rings. The maximum Gasteiger partial charge on any atom is 0.255 e. The summed E-state index contributed by atoms with van der Waals surface area (Å²) >= 11 is 7.87. The average Bonchev–Trinajstić information content (AvgIpc) is 2.98. The van der Waals surface area contributed by atoms with Gasteiger partial charge in [-0.25, -0.2) is 0 Å². The Morgan fingerprint density at radius 3 is 2.36 bits per heavy atom. The van der Waals surface area contributed by atoms with Gasteiger partial charge in [0.2, 0.25) is 5.91 Å². The van der Waals surface area contributed by atoms with Crippen molar-refractivity contribution < 1.29 is 9.59 Å². The van der Waals surface area contributed by atoms with Gasteiger partial charge < -0.3 is 9.80 Å². The number of rotatable bonds is 5. The van der Waals surface area contributed by atoms with E-state index in [9.17, 15) is 9.59 Å². The molecular weight excluding hydrogens is 392 g/mol. The van der Waals surface area contributed by atoms with Gasteiger partial charge in [-0.15, -0.1) is 11.8 Å². The van der Waals surface area contributed by atoms with E-state index in [1.54, 1.807) is 28.8 Å². The summed E-state index contributed by atoms with van der Waals surface area (Å²) < 4.78 is 0. The molecule has 2 amide bonds. The Morgan fingerprint density at radius 1 is 0.964 bits per heavy atom. The average molecular weight is 417 g/mol. The fourth-order valence-electron chi connectivity index (χ4n) is 3.27. The molecule has 6 heteroatoms. The minimum absolute atomic E-state index is 0.0592. The van der Waals surface area contributed by atoms with Crippen LogP contribution in [0.15, 0.2) is 59.5 Å². The van der Waals surface area contributed by atoms with Crippen LogP contribution in [0.2, 0.25) is 5.02 Å². The first-order chi connectivity index (χ1) is 13.6. The zero-order valence-electron chi connectivity index (χ0n) is 16.0. The van der Waals surface area contributed by atoms with E-state index in [0.717, 1.165) is 12.2 Å². The van der Waals surface area contributed by atoms with E-state index in [1.807, 2.05) is 42.2 Å². The summed E-state index contributed by atoms with van der Waals surface area (Å²) in [5.41, 5.74) is 0.525. The Bertz CT molecular complexity index is 815. The molecule has 1 atom stereocenters. The van der Waals surface area contributed by atoms with Gasteiger partial charge in [0, 0.05) is 42.7 Å². The predicted molar refractivity (Wildman–Crippen MR) is 115 cm³/mol. The van der Waals surface area contributed by atoms with Crippen molar-refractivity contribution in [2.45, 2.75) is 18.2 Å². The number of hydrogen-bond acceptors (Lipinski definition) is 3. The van der Waals surface area contributed by atoms with Crippen LogP contribution in [0, 0.1) is 5.92 Å². The first kappa shape index (κ1) is 20.7. The van der Waals surface area contributed by atoms with Gasteiger partial charge in [-0.1, -0.05) is 48.9 Å². The first-order valence-electron chi connectivity index (χ1n) is 9.56. The van der Waals surface area contributed by atoms with Crippen molar-refractivity contribution in [2.75, 3.05) is 31.9 Å². The van der Waals surface area contributed by atoms with Crippen molar-refractivity contribution >= 4 is 35.2 Å². The van der Waals surface area contributed by atoms with E-state index in [0.29, 0.717) is 36.8 Å². The maximum atomic E-state index is 12.9. The smallest absolute Gasteiger partial charge is 0.255 e. The molecule has 148 valence electrons. The maximum absolute atomic E-state index is 12.9. The molecule has 3 rings (SSSR count). The molecule has 1 saturated heterocycles. The summed E-state index contributed by atoms with van der Waals surface area (Å²) in [6, 6.07) is 17.2. The topological polar surface area (TPSA) is 40.6 Å². The van der Waals surface area contributed by atoms with Gasteiger partial charge in [-0.05, 0) is 30.7 Å². The number of carbonyl (C=O) groups is 2. The lowest BCUT2D eigenvalue weighted by Crippen LogP contribution is -2.40. The quantitative estimate of drug-likeness (QED) is 0.676. The van der Waals surface area contributed by atoms with E-state index >= 15 is 0 Å². The van der Waals surface area contributed by atoms with Gasteiger partial charge in [-0.3, -0.25) is 9.59 Å². The van der Waals surface area contributed by atoms with E-state index in [-0.39, 0.29) is 17.7 Å². The number of thioether (sulfide) groups is 1. The molecule has 2 aromatic rings. The van der Waals surface area contributed by atoms with Gasteiger partial charge in [0.15, 0.2) is 0 Å². The van der Waals surface area contributed by atoms with Crippen LogP contribution in [0.1, 0.15) is 23.7 Å². The first-order valence-corrected chi connectivity index (χ1v) is 10.9. The molecule has 0 saturated carbocycles. The predicted octanol–water partition coefficient (Wildman–Crippen LogP) is 4.44. The summed E-state index contributed by atoms with van der Waals surface area (Å²) in [7, 11) is 0. The van der Waals surface area contributed by atoms with E-state index in [2.05, 4.69) is 12.1 Å². The summed E-state index contributed by atoms with van der Waals surface area (Å²) in [5, 5.41) is 0.469. The van der Waals surface area contributed by atoms with Gasteiger partial charge in [0.1, 0.15) is 0 Å². The second-order valence-corrected chi connectivity index (χ2v) is 8.48. The third-order valence-corrected chi connectivity index (χ3v) is 6.47. The van der Waals surface area contributed by atoms with E-state index in [1.165, 1.54) is 4.90 Å². The van der Waals surface area contributed by atoms with Crippen molar-refractivity contribution in [1.82, 2.24) is 9.80 Å². The van der Waals surface area contributed by atoms with Gasteiger partial charge in [-0.2, -0.15) is 0 Å². The minimum Gasteiger partial charge on any atom is -0.341 e. The van der Waals surface area contributed by atoms with Crippen LogP contribution in [0.5, 0.6) is 0 Å². The summed E-state index contributed by atoms with van der Waals surface area (Å²) in [4.78, 5) is 30.5. The Balaban J connectivity index is 1.54. The standard InChI is InChI=1S/C22H25ClN2O2S/c1-17(16-28-18-8-3-2-4-9-18)21(26)24-12-7-13-25(15-14-24)22(27)19-10-5-6-11-20(19)23/h2-6,8-11,17H,7,12-16H2,1H3. The highest BCUT2D eigenvalue weighted by molar-refractivity contribution is 7.99. The molecule has 0 N–H and O–H groups in total. The third kappa shape index (κ3) is 5.30. The van der Waals surface area contributed by atoms with Crippen molar-refractivity contribution in [2.24, 2.45) is 5.92 Å². The molecule has 1 aliphatic rings. The number of carbonyl (C=O) groups excluding carboxylic acids is 2. The van der Waals surface area contributed by atoms with Crippen molar-refractivity contribution in [3.05, 3.63) is 65.2 Å². The van der Waals surface area contributed by atoms with Crippen molar-refractivity contribution in [3.63, 3.8) is 0 Å². The van der Waals surface area contributed by atoms with Gasteiger partial charge in [0.05, 0.1) is 10.6 Å². The molecule has 0 aromatic heterocycles. The van der Waals surface area contributed by atoms with Gasteiger partial charge >= 0.3 is 0 Å². The summed E-state index contributed by atoms with van der Waals surface area (Å²) in [5.74, 6) is 0.792. The third-order valence-electron chi connectivity index (χ3n) is 4.86. The Morgan fingerprint density at radius 2 is 1.61 bits per heavy atom. The van der Waals surface area contributed by atoms with E-state index in [4.69, 9.17) is 11.6 Å². The largest absolute Gasteiger partial charge is 0.341 e. The zero-order valence-corrected chi connectivity index (χ0v) is 17.6. The van der Waals surface area contributed by atoms with Gasteiger partial charge in [0.25, 0.3) is 5.91 Å². The van der Waals surface area contributed by atoms with Crippen LogP contribution in [0.25, 0.3) is 0 Å². The highest BCUT2D eigenvalue weighted by Gasteiger charge is 2.26. The fraction of sp³-hybridized carbons (Fsp3) is 0.364. The molecule has 1 unspecified atom stereocenters. The Hall–Kier alpha value is -1.98. The van der Waals surface area contributed by atoms with Crippen molar-refractivity contribution in [3.8, 4) is 0 Å². The lowest BCUT2D eigenvalue weighted by Gasteiger charge is -2.25. The van der Waals surface area contributed by atoms with Crippen LogP contribution >= 0.6 is 23.4 Å². The molecule has 1 heterocycles. The number of amides is 2. The Kier molecular flexibility index (Phi) is 7.40. The van der Waals surface area contributed by atoms with Crippen LogP contribution in [0.4, 0.5) is 0 Å². The molecule has 0 aliphatic carbocycles. The number of benzene rings is 2. The normalized spacial score (nSPS) is 15.8. The highest BCUT2D eigenvalue weighted by atomic mass is 35.5.